The molecule has 1 atom stereocenters. The van der Waals surface area contributed by atoms with E-state index in [4.69, 9.17) is 4.74 Å². The number of rotatable bonds is 8. The van der Waals surface area contributed by atoms with Crippen molar-refractivity contribution in [1.82, 2.24) is 15.5 Å². The van der Waals surface area contributed by atoms with E-state index < -0.39 is 0 Å². The lowest BCUT2D eigenvalue weighted by Crippen LogP contribution is -2.50. The second-order valence-corrected chi connectivity index (χ2v) is 7.62. The van der Waals surface area contributed by atoms with Crippen LogP contribution in [0.4, 0.5) is 5.69 Å². The predicted molar refractivity (Wildman–Crippen MR) is 115 cm³/mol. The summed E-state index contributed by atoms with van der Waals surface area (Å²) in [6.45, 7) is 11.1. The maximum absolute atomic E-state index is 11.2. The van der Waals surface area contributed by atoms with Gasteiger partial charge in [-0.25, -0.2) is 0 Å². The number of nitrogens with one attached hydrogen (secondary N) is 3. The molecule has 0 bridgehead atoms. The molecule has 3 N–H and O–H groups in total. The smallest absolute Gasteiger partial charge is 0.221 e. The van der Waals surface area contributed by atoms with Crippen LogP contribution in [-0.2, 0) is 16.1 Å². The molecule has 1 aromatic rings. The number of hydrogen-bond acceptors (Lipinski definition) is 4. The fourth-order valence-corrected chi connectivity index (χ4v) is 3.43. The normalized spacial score (nSPS) is 16.7. The van der Waals surface area contributed by atoms with Gasteiger partial charge in [-0.1, -0.05) is 26.0 Å². The Kier molecular flexibility index (Phi) is 9.23. The topological polar surface area (TPSA) is 78.0 Å². The summed E-state index contributed by atoms with van der Waals surface area (Å²) >= 11 is 0. The molecule has 1 aliphatic rings. The zero-order valence-corrected chi connectivity index (χ0v) is 17.6. The van der Waals surface area contributed by atoms with Crippen LogP contribution in [0.2, 0.25) is 0 Å². The minimum Gasteiger partial charge on any atom is -0.379 e. The molecule has 0 spiro atoms. The van der Waals surface area contributed by atoms with Crippen LogP contribution >= 0.6 is 0 Å². The highest BCUT2D eigenvalue weighted by molar-refractivity contribution is 5.88. The summed E-state index contributed by atoms with van der Waals surface area (Å²) < 4.78 is 5.50. The third kappa shape index (κ3) is 7.86. The van der Waals surface area contributed by atoms with Crippen molar-refractivity contribution in [3.63, 3.8) is 0 Å². The number of aliphatic imine (C=N–C) groups is 1. The average Bonchev–Trinajstić information content (AvgIpc) is 2.67. The molecule has 7 nitrogen and oxygen atoms in total. The Morgan fingerprint density at radius 2 is 2.00 bits per heavy atom. The number of guanidine groups is 1. The summed E-state index contributed by atoms with van der Waals surface area (Å²) in [5.41, 5.74) is 1.89. The molecule has 1 aliphatic heterocycles. The van der Waals surface area contributed by atoms with Crippen molar-refractivity contribution in [2.24, 2.45) is 10.9 Å². The Morgan fingerprint density at radius 3 is 2.64 bits per heavy atom. The van der Waals surface area contributed by atoms with Crippen LogP contribution in [0, 0.1) is 5.92 Å². The first kappa shape index (κ1) is 22.2. The van der Waals surface area contributed by atoms with Crippen molar-refractivity contribution in [2.45, 2.75) is 39.8 Å². The van der Waals surface area contributed by atoms with Gasteiger partial charge in [0.1, 0.15) is 0 Å². The van der Waals surface area contributed by atoms with Crippen LogP contribution in [0.3, 0.4) is 0 Å². The maximum atomic E-state index is 11.2. The maximum Gasteiger partial charge on any atom is 0.221 e. The molecule has 0 aromatic heterocycles. The zero-order valence-electron chi connectivity index (χ0n) is 17.6. The molecular weight excluding hydrogens is 354 g/mol. The molecule has 7 heteroatoms. The number of anilines is 1. The van der Waals surface area contributed by atoms with Gasteiger partial charge < -0.3 is 20.7 Å². The van der Waals surface area contributed by atoms with Crippen molar-refractivity contribution in [1.29, 1.82) is 0 Å². The molecular formula is C21H35N5O2. The van der Waals surface area contributed by atoms with Crippen LogP contribution in [0.25, 0.3) is 0 Å². The molecule has 1 heterocycles. The number of nitrogens with zero attached hydrogens (tertiary/aromatic N) is 2. The number of hydrogen-bond donors (Lipinski definition) is 3. The molecule has 1 aromatic carbocycles. The third-order valence-corrected chi connectivity index (χ3v) is 4.74. The fourth-order valence-electron chi connectivity index (χ4n) is 3.43. The van der Waals surface area contributed by atoms with Gasteiger partial charge in [-0.05, 0) is 30.0 Å². The molecule has 0 aliphatic carbocycles. The van der Waals surface area contributed by atoms with Crippen LogP contribution in [0.1, 0.15) is 32.8 Å². The van der Waals surface area contributed by atoms with Crippen molar-refractivity contribution in [3.05, 3.63) is 29.8 Å². The monoisotopic (exact) mass is 389 g/mol. The molecule has 1 fully saturated rings. The van der Waals surface area contributed by atoms with Gasteiger partial charge in [-0.3, -0.25) is 14.7 Å². The minimum absolute atomic E-state index is 0.0677. The Bertz CT molecular complexity index is 641. The SMILES string of the molecule is CN=C(NCc1cccc(NC(C)=O)c1)NCC(CC(C)C)N1CCOCC1. The fraction of sp³-hybridized carbons (Fsp3) is 0.619. The van der Waals surface area contributed by atoms with E-state index in [9.17, 15) is 4.79 Å². The van der Waals surface area contributed by atoms with E-state index in [2.05, 4.69) is 39.7 Å². The second kappa shape index (κ2) is 11.7. The van der Waals surface area contributed by atoms with Gasteiger partial charge in [0, 0.05) is 51.9 Å². The average molecular weight is 390 g/mol. The van der Waals surface area contributed by atoms with Crippen LogP contribution in [0.15, 0.2) is 29.3 Å². The lowest BCUT2D eigenvalue weighted by molar-refractivity contribution is -0.114. The molecule has 2 rings (SSSR count). The standard InChI is InChI=1S/C21H35N5O2/c1-16(2)12-20(26-8-10-28-11-9-26)15-24-21(22-4)23-14-18-6-5-7-19(13-18)25-17(3)27/h5-7,13,16,20H,8-12,14-15H2,1-4H3,(H,25,27)(H2,22,23,24). The third-order valence-electron chi connectivity index (χ3n) is 4.74. The summed E-state index contributed by atoms with van der Waals surface area (Å²) in [5.74, 6) is 1.36. The lowest BCUT2D eigenvalue weighted by atomic mass is 10.0. The van der Waals surface area contributed by atoms with Crippen molar-refractivity contribution in [2.75, 3.05) is 45.2 Å². The lowest BCUT2D eigenvalue weighted by Gasteiger charge is -2.35. The summed E-state index contributed by atoms with van der Waals surface area (Å²) in [6, 6.07) is 8.29. The van der Waals surface area contributed by atoms with E-state index in [-0.39, 0.29) is 5.91 Å². The second-order valence-electron chi connectivity index (χ2n) is 7.62. The van der Waals surface area contributed by atoms with Crippen molar-refractivity contribution < 1.29 is 9.53 Å². The number of morpholine rings is 1. The van der Waals surface area contributed by atoms with E-state index in [1.54, 1.807) is 7.05 Å². The summed E-state index contributed by atoms with van der Waals surface area (Å²) in [6.07, 6.45) is 1.14. The molecule has 28 heavy (non-hydrogen) atoms. The quantitative estimate of drug-likeness (QED) is 0.469. The summed E-state index contributed by atoms with van der Waals surface area (Å²) in [5, 5.41) is 9.65. The van der Waals surface area contributed by atoms with Crippen LogP contribution in [-0.4, -0.2) is 62.7 Å². The predicted octanol–water partition coefficient (Wildman–Crippen LogP) is 2.06. The summed E-state index contributed by atoms with van der Waals surface area (Å²) in [7, 11) is 1.79. The van der Waals surface area contributed by atoms with Crippen molar-refractivity contribution >= 4 is 17.6 Å². The molecule has 156 valence electrons. The van der Waals surface area contributed by atoms with Crippen molar-refractivity contribution in [3.8, 4) is 0 Å². The first-order valence-corrected chi connectivity index (χ1v) is 10.1. The Labute approximate surface area is 168 Å². The Morgan fingerprint density at radius 1 is 1.25 bits per heavy atom. The Balaban J connectivity index is 1.87. The molecule has 0 radical (unpaired) electrons. The zero-order chi connectivity index (χ0) is 20.4. The highest BCUT2D eigenvalue weighted by Gasteiger charge is 2.22. The highest BCUT2D eigenvalue weighted by Crippen LogP contribution is 2.13. The number of benzene rings is 1. The van der Waals surface area contributed by atoms with Gasteiger partial charge in [0.2, 0.25) is 5.91 Å². The van der Waals surface area contributed by atoms with E-state index in [1.807, 2.05) is 24.3 Å². The van der Waals surface area contributed by atoms with E-state index in [1.165, 1.54) is 6.92 Å². The van der Waals surface area contributed by atoms with E-state index in [0.29, 0.717) is 18.5 Å². The summed E-state index contributed by atoms with van der Waals surface area (Å²) in [4.78, 5) is 18.1. The van der Waals surface area contributed by atoms with Gasteiger partial charge >= 0.3 is 0 Å². The molecule has 1 amide bonds. The van der Waals surface area contributed by atoms with Gasteiger partial charge in [0.15, 0.2) is 5.96 Å². The largest absolute Gasteiger partial charge is 0.379 e. The van der Waals surface area contributed by atoms with Gasteiger partial charge in [-0.2, -0.15) is 0 Å². The van der Waals surface area contributed by atoms with Gasteiger partial charge in [0.25, 0.3) is 0 Å². The van der Waals surface area contributed by atoms with Gasteiger partial charge in [0.05, 0.1) is 13.2 Å². The minimum atomic E-state index is -0.0677. The van der Waals surface area contributed by atoms with Crippen LogP contribution < -0.4 is 16.0 Å². The van der Waals surface area contributed by atoms with E-state index in [0.717, 1.165) is 56.5 Å². The Hall–Kier alpha value is -2.12. The van der Waals surface area contributed by atoms with Gasteiger partial charge in [-0.15, -0.1) is 0 Å². The first-order chi connectivity index (χ1) is 13.5. The number of carbonyl (C=O) groups is 1. The number of amides is 1. The number of ether oxygens (including phenoxy) is 1. The number of carbonyl (C=O) groups excluding carboxylic acids is 1. The van der Waals surface area contributed by atoms with E-state index >= 15 is 0 Å². The molecule has 1 unspecified atom stereocenters. The molecule has 1 saturated heterocycles. The molecule has 0 saturated carbocycles. The van der Waals surface area contributed by atoms with Crippen LogP contribution in [0.5, 0.6) is 0 Å². The first-order valence-electron chi connectivity index (χ1n) is 10.1. The highest BCUT2D eigenvalue weighted by atomic mass is 16.5.